The second kappa shape index (κ2) is 12.1. The standard InChI is InChI=1S/C19H35N/c1-3-5-6-7-8-9-10-11-12-13-15-19-16-14-17-20(4-2)18-19/h14,16-17H,3-13,15,18H2,1-2H3. The Labute approximate surface area is 127 Å². The van der Waals surface area contributed by atoms with E-state index in [1.54, 1.807) is 5.57 Å². The third kappa shape index (κ3) is 8.45. The summed E-state index contributed by atoms with van der Waals surface area (Å²) in [6.45, 7) is 6.81. The lowest BCUT2D eigenvalue weighted by Gasteiger charge is -2.23. The fourth-order valence-electron chi connectivity index (χ4n) is 2.89. The van der Waals surface area contributed by atoms with Crippen LogP contribution < -0.4 is 0 Å². The predicted molar refractivity (Wildman–Crippen MR) is 90.9 cm³/mol. The minimum absolute atomic E-state index is 1.13. The van der Waals surface area contributed by atoms with Crippen LogP contribution in [-0.4, -0.2) is 18.0 Å². The average Bonchev–Trinajstić information content (AvgIpc) is 2.49. The normalized spacial score (nSPS) is 14.7. The fraction of sp³-hybridized carbons (Fsp3) is 0.789. The van der Waals surface area contributed by atoms with Gasteiger partial charge in [0.2, 0.25) is 0 Å². The lowest BCUT2D eigenvalue weighted by molar-refractivity contribution is 0.416. The Morgan fingerprint density at radius 1 is 0.850 bits per heavy atom. The Morgan fingerprint density at radius 2 is 1.45 bits per heavy atom. The van der Waals surface area contributed by atoms with E-state index in [0.29, 0.717) is 0 Å². The van der Waals surface area contributed by atoms with Gasteiger partial charge in [0.15, 0.2) is 0 Å². The molecule has 1 rings (SSSR count). The van der Waals surface area contributed by atoms with Crippen molar-refractivity contribution in [1.82, 2.24) is 4.90 Å². The van der Waals surface area contributed by atoms with Crippen LogP contribution in [0.3, 0.4) is 0 Å². The molecule has 20 heavy (non-hydrogen) atoms. The van der Waals surface area contributed by atoms with E-state index >= 15 is 0 Å². The molecule has 1 aliphatic rings. The van der Waals surface area contributed by atoms with E-state index in [9.17, 15) is 0 Å². The van der Waals surface area contributed by atoms with Gasteiger partial charge in [0.25, 0.3) is 0 Å². The number of unbranched alkanes of at least 4 members (excludes halogenated alkanes) is 9. The quantitative estimate of drug-likeness (QED) is 0.391. The Morgan fingerprint density at radius 3 is 2.05 bits per heavy atom. The molecule has 1 heteroatoms. The van der Waals surface area contributed by atoms with Gasteiger partial charge in [0.05, 0.1) is 0 Å². The maximum Gasteiger partial charge on any atom is 0.0386 e. The second-order valence-corrected chi connectivity index (χ2v) is 6.16. The summed E-state index contributed by atoms with van der Waals surface area (Å²) in [6.07, 6.45) is 22.3. The lowest BCUT2D eigenvalue weighted by Crippen LogP contribution is -2.21. The highest BCUT2D eigenvalue weighted by atomic mass is 15.1. The zero-order valence-electron chi connectivity index (χ0n) is 13.9. The van der Waals surface area contributed by atoms with E-state index in [1.165, 1.54) is 70.6 Å². The highest BCUT2D eigenvalue weighted by molar-refractivity contribution is 5.18. The smallest absolute Gasteiger partial charge is 0.0386 e. The Balaban J connectivity index is 1.87. The molecule has 0 N–H and O–H groups in total. The van der Waals surface area contributed by atoms with Crippen LogP contribution in [-0.2, 0) is 0 Å². The van der Waals surface area contributed by atoms with Gasteiger partial charge in [-0.05, 0) is 32.0 Å². The Hall–Kier alpha value is -0.720. The van der Waals surface area contributed by atoms with Gasteiger partial charge in [0.1, 0.15) is 0 Å². The van der Waals surface area contributed by atoms with Crippen LogP contribution in [0.1, 0.15) is 84.5 Å². The van der Waals surface area contributed by atoms with E-state index in [1.807, 2.05) is 0 Å². The van der Waals surface area contributed by atoms with Crippen LogP contribution in [0.2, 0.25) is 0 Å². The molecule has 0 amide bonds. The summed E-state index contributed by atoms with van der Waals surface area (Å²) in [6, 6.07) is 0. The van der Waals surface area contributed by atoms with Crippen LogP contribution >= 0.6 is 0 Å². The Kier molecular flexibility index (Phi) is 10.4. The lowest BCUT2D eigenvalue weighted by atomic mass is 10.0. The van der Waals surface area contributed by atoms with Crippen molar-refractivity contribution < 1.29 is 0 Å². The molecule has 1 aliphatic heterocycles. The monoisotopic (exact) mass is 277 g/mol. The summed E-state index contributed by atoms with van der Waals surface area (Å²) in [4.78, 5) is 2.39. The van der Waals surface area contributed by atoms with Gasteiger partial charge >= 0.3 is 0 Å². The topological polar surface area (TPSA) is 3.24 Å². The summed E-state index contributed by atoms with van der Waals surface area (Å²) < 4.78 is 0. The van der Waals surface area contributed by atoms with Gasteiger partial charge in [-0.25, -0.2) is 0 Å². The van der Waals surface area contributed by atoms with Gasteiger partial charge < -0.3 is 4.90 Å². The third-order valence-corrected chi connectivity index (χ3v) is 4.29. The largest absolute Gasteiger partial charge is 0.374 e. The number of hydrogen-bond acceptors (Lipinski definition) is 1. The minimum Gasteiger partial charge on any atom is -0.374 e. The molecule has 0 spiro atoms. The highest BCUT2D eigenvalue weighted by Gasteiger charge is 2.05. The molecular formula is C19H35N. The van der Waals surface area contributed by atoms with Crippen LogP contribution in [0.4, 0.5) is 0 Å². The zero-order chi connectivity index (χ0) is 14.5. The summed E-state index contributed by atoms with van der Waals surface area (Å²) >= 11 is 0. The van der Waals surface area contributed by atoms with Gasteiger partial charge in [0, 0.05) is 13.1 Å². The van der Waals surface area contributed by atoms with E-state index in [4.69, 9.17) is 0 Å². The van der Waals surface area contributed by atoms with E-state index in [-0.39, 0.29) is 0 Å². The number of rotatable bonds is 12. The molecular weight excluding hydrogens is 242 g/mol. The highest BCUT2D eigenvalue weighted by Crippen LogP contribution is 2.16. The zero-order valence-corrected chi connectivity index (χ0v) is 13.9. The van der Waals surface area contributed by atoms with Gasteiger partial charge in [-0.1, -0.05) is 76.4 Å². The molecule has 0 aromatic carbocycles. The maximum absolute atomic E-state index is 2.39. The fourth-order valence-corrected chi connectivity index (χ4v) is 2.89. The summed E-state index contributed by atoms with van der Waals surface area (Å²) in [7, 11) is 0. The molecule has 0 saturated carbocycles. The third-order valence-electron chi connectivity index (χ3n) is 4.29. The molecule has 0 aliphatic carbocycles. The minimum atomic E-state index is 1.13. The van der Waals surface area contributed by atoms with Crippen LogP contribution in [0, 0.1) is 0 Å². The molecule has 0 aromatic heterocycles. The summed E-state index contributed by atoms with van der Waals surface area (Å²) in [5.41, 5.74) is 1.62. The van der Waals surface area contributed by atoms with Crippen molar-refractivity contribution in [2.24, 2.45) is 0 Å². The first-order valence-electron chi connectivity index (χ1n) is 8.97. The van der Waals surface area contributed by atoms with Crippen LogP contribution in [0.5, 0.6) is 0 Å². The number of allylic oxidation sites excluding steroid dienone is 2. The van der Waals surface area contributed by atoms with E-state index in [0.717, 1.165) is 13.1 Å². The predicted octanol–water partition coefficient (Wildman–Crippen LogP) is 6.07. The van der Waals surface area contributed by atoms with Crippen LogP contribution in [0.25, 0.3) is 0 Å². The maximum atomic E-state index is 2.39. The van der Waals surface area contributed by atoms with Crippen molar-refractivity contribution in [3.63, 3.8) is 0 Å². The first-order chi connectivity index (χ1) is 9.86. The van der Waals surface area contributed by atoms with Crippen molar-refractivity contribution in [2.75, 3.05) is 13.1 Å². The number of nitrogens with zero attached hydrogens (tertiary/aromatic N) is 1. The van der Waals surface area contributed by atoms with Crippen molar-refractivity contribution in [1.29, 1.82) is 0 Å². The second-order valence-electron chi connectivity index (χ2n) is 6.16. The van der Waals surface area contributed by atoms with Crippen molar-refractivity contribution >= 4 is 0 Å². The van der Waals surface area contributed by atoms with Gasteiger partial charge in [-0.15, -0.1) is 0 Å². The molecule has 0 bridgehead atoms. The summed E-state index contributed by atoms with van der Waals surface area (Å²) in [5.74, 6) is 0. The van der Waals surface area contributed by atoms with Crippen molar-refractivity contribution in [3.8, 4) is 0 Å². The van der Waals surface area contributed by atoms with Crippen molar-refractivity contribution in [2.45, 2.75) is 84.5 Å². The molecule has 0 unspecified atom stereocenters. The van der Waals surface area contributed by atoms with Gasteiger partial charge in [-0.2, -0.15) is 0 Å². The first kappa shape index (κ1) is 17.3. The molecule has 0 saturated heterocycles. The number of likely N-dealkylation sites (N-methyl/N-ethyl adjacent to an activating group) is 1. The molecule has 1 heterocycles. The molecule has 0 atom stereocenters. The average molecular weight is 277 g/mol. The van der Waals surface area contributed by atoms with E-state index in [2.05, 4.69) is 37.1 Å². The molecule has 0 radical (unpaired) electrons. The van der Waals surface area contributed by atoms with Crippen LogP contribution in [0.15, 0.2) is 23.9 Å². The molecule has 0 fully saturated rings. The number of hydrogen-bond donors (Lipinski definition) is 0. The van der Waals surface area contributed by atoms with Gasteiger partial charge in [-0.3, -0.25) is 0 Å². The first-order valence-corrected chi connectivity index (χ1v) is 8.97. The van der Waals surface area contributed by atoms with Crippen molar-refractivity contribution in [3.05, 3.63) is 23.9 Å². The van der Waals surface area contributed by atoms with E-state index < -0.39 is 0 Å². The Bertz CT molecular complexity index is 277. The SMILES string of the molecule is CCCCCCCCCCCCC1=CC=CN(CC)C1. The summed E-state index contributed by atoms with van der Waals surface area (Å²) in [5, 5.41) is 0. The molecule has 116 valence electrons. The molecule has 1 nitrogen and oxygen atoms in total. The molecule has 0 aromatic rings.